The third kappa shape index (κ3) is 5.73. The summed E-state index contributed by atoms with van der Waals surface area (Å²) >= 11 is 1.18. The standard InChI is InChI=1S/C20H31N3O5S2/c1-16(2)15-28-20(25)22-12-10-21(11-13-22)18(24)14-17-6-7-19(29-17)30(26,27)23-8-4-3-5-9-23/h6-7,16H,3-5,8-15H2,1-2H3. The highest BCUT2D eigenvalue weighted by atomic mass is 32.2. The summed E-state index contributed by atoms with van der Waals surface area (Å²) in [6.45, 7) is 7.30. The lowest BCUT2D eigenvalue weighted by molar-refractivity contribution is -0.132. The van der Waals surface area contributed by atoms with Crippen LogP contribution in [-0.2, 0) is 26.0 Å². The average molecular weight is 458 g/mol. The minimum atomic E-state index is -3.46. The van der Waals surface area contributed by atoms with Gasteiger partial charge < -0.3 is 14.5 Å². The van der Waals surface area contributed by atoms with Crippen LogP contribution in [0.4, 0.5) is 4.79 Å². The molecule has 3 rings (SSSR count). The Balaban J connectivity index is 1.51. The van der Waals surface area contributed by atoms with Crippen LogP contribution in [0, 0.1) is 5.92 Å². The van der Waals surface area contributed by atoms with Crippen LogP contribution in [0.3, 0.4) is 0 Å². The van der Waals surface area contributed by atoms with E-state index in [0.717, 1.165) is 24.1 Å². The molecule has 1 aromatic heterocycles. The number of hydrogen-bond donors (Lipinski definition) is 0. The molecule has 8 nitrogen and oxygen atoms in total. The van der Waals surface area contributed by atoms with Crippen LogP contribution in [0.25, 0.3) is 0 Å². The normalized spacial score (nSPS) is 18.6. The van der Waals surface area contributed by atoms with Gasteiger partial charge in [-0.3, -0.25) is 4.79 Å². The molecule has 3 heterocycles. The van der Waals surface area contributed by atoms with Crippen molar-refractivity contribution >= 4 is 33.4 Å². The van der Waals surface area contributed by atoms with E-state index in [1.165, 1.54) is 11.3 Å². The number of carbonyl (C=O) groups excluding carboxylic acids is 2. The zero-order chi connectivity index (χ0) is 21.7. The minimum Gasteiger partial charge on any atom is -0.449 e. The number of sulfonamides is 1. The van der Waals surface area contributed by atoms with Gasteiger partial charge in [0.05, 0.1) is 13.0 Å². The summed E-state index contributed by atoms with van der Waals surface area (Å²) in [4.78, 5) is 28.8. The van der Waals surface area contributed by atoms with E-state index < -0.39 is 10.0 Å². The Morgan fingerprint density at radius 3 is 2.27 bits per heavy atom. The van der Waals surface area contributed by atoms with Crippen molar-refractivity contribution in [1.29, 1.82) is 0 Å². The lowest BCUT2D eigenvalue weighted by atomic mass is 10.2. The molecule has 0 saturated carbocycles. The van der Waals surface area contributed by atoms with Crippen molar-refractivity contribution in [2.45, 2.75) is 43.7 Å². The van der Waals surface area contributed by atoms with Gasteiger partial charge in [0.1, 0.15) is 4.21 Å². The van der Waals surface area contributed by atoms with Crippen LogP contribution in [0.1, 0.15) is 38.0 Å². The van der Waals surface area contributed by atoms with Crippen molar-refractivity contribution in [2.24, 2.45) is 5.92 Å². The van der Waals surface area contributed by atoms with Crippen molar-refractivity contribution in [1.82, 2.24) is 14.1 Å². The number of piperazine rings is 1. The molecule has 0 spiro atoms. The van der Waals surface area contributed by atoms with Gasteiger partial charge in [0, 0.05) is 44.1 Å². The lowest BCUT2D eigenvalue weighted by Gasteiger charge is -2.34. The van der Waals surface area contributed by atoms with Gasteiger partial charge in [-0.2, -0.15) is 4.31 Å². The maximum atomic E-state index is 12.8. The fourth-order valence-corrected chi connectivity index (χ4v) is 6.57. The molecule has 0 aliphatic carbocycles. The number of ether oxygens (including phenoxy) is 1. The van der Waals surface area contributed by atoms with Gasteiger partial charge in [0.25, 0.3) is 10.0 Å². The molecule has 2 aliphatic heterocycles. The smallest absolute Gasteiger partial charge is 0.409 e. The largest absolute Gasteiger partial charge is 0.449 e. The lowest BCUT2D eigenvalue weighted by Crippen LogP contribution is -2.51. The highest BCUT2D eigenvalue weighted by Crippen LogP contribution is 2.27. The van der Waals surface area contributed by atoms with Gasteiger partial charge in [-0.15, -0.1) is 11.3 Å². The van der Waals surface area contributed by atoms with Crippen LogP contribution in [-0.4, -0.2) is 80.4 Å². The topological polar surface area (TPSA) is 87.2 Å². The molecule has 0 N–H and O–H groups in total. The van der Waals surface area contributed by atoms with Crippen LogP contribution in [0.5, 0.6) is 0 Å². The van der Waals surface area contributed by atoms with E-state index in [2.05, 4.69) is 0 Å². The molecule has 0 bridgehead atoms. The zero-order valence-corrected chi connectivity index (χ0v) is 19.3. The Labute approximate surface area is 182 Å². The van der Waals surface area contributed by atoms with Crippen molar-refractivity contribution in [3.63, 3.8) is 0 Å². The second-order valence-corrected chi connectivity index (χ2v) is 11.5. The predicted octanol–water partition coefficient (Wildman–Crippen LogP) is 2.40. The van der Waals surface area contributed by atoms with E-state index in [1.54, 1.807) is 26.2 Å². The molecule has 168 valence electrons. The van der Waals surface area contributed by atoms with Crippen molar-refractivity contribution in [3.05, 3.63) is 17.0 Å². The first-order chi connectivity index (χ1) is 14.3. The molecule has 2 amide bonds. The minimum absolute atomic E-state index is 0.0473. The van der Waals surface area contributed by atoms with Crippen LogP contribution < -0.4 is 0 Å². The molecule has 0 radical (unpaired) electrons. The highest BCUT2D eigenvalue weighted by Gasteiger charge is 2.29. The Bertz CT molecular complexity index is 838. The van der Waals surface area contributed by atoms with Gasteiger partial charge in [-0.05, 0) is 30.9 Å². The number of nitrogens with zero attached hydrogens (tertiary/aromatic N) is 3. The first kappa shape index (κ1) is 23.0. The Morgan fingerprint density at radius 2 is 1.63 bits per heavy atom. The van der Waals surface area contributed by atoms with E-state index in [4.69, 9.17) is 4.74 Å². The van der Waals surface area contributed by atoms with E-state index in [9.17, 15) is 18.0 Å². The summed E-state index contributed by atoms with van der Waals surface area (Å²) in [5, 5.41) is 0. The van der Waals surface area contributed by atoms with E-state index in [0.29, 0.717) is 50.1 Å². The average Bonchev–Trinajstić information content (AvgIpc) is 3.22. The van der Waals surface area contributed by atoms with E-state index in [1.807, 2.05) is 13.8 Å². The van der Waals surface area contributed by atoms with Gasteiger partial charge in [0.15, 0.2) is 0 Å². The van der Waals surface area contributed by atoms with Crippen molar-refractivity contribution in [2.75, 3.05) is 45.9 Å². The van der Waals surface area contributed by atoms with Gasteiger partial charge in [-0.1, -0.05) is 20.3 Å². The molecule has 0 unspecified atom stereocenters. The zero-order valence-electron chi connectivity index (χ0n) is 17.7. The van der Waals surface area contributed by atoms with Crippen LogP contribution >= 0.6 is 11.3 Å². The molecule has 10 heteroatoms. The number of thiophene rings is 1. The third-order valence-electron chi connectivity index (χ3n) is 5.30. The van der Waals surface area contributed by atoms with E-state index >= 15 is 0 Å². The number of carbonyl (C=O) groups is 2. The quantitative estimate of drug-likeness (QED) is 0.655. The van der Waals surface area contributed by atoms with Gasteiger partial charge >= 0.3 is 6.09 Å². The SMILES string of the molecule is CC(C)COC(=O)N1CCN(C(=O)Cc2ccc(S(=O)(=O)N3CCCCC3)s2)CC1. The molecule has 1 aromatic rings. The molecule has 2 fully saturated rings. The fraction of sp³-hybridized carbons (Fsp3) is 0.700. The molecule has 30 heavy (non-hydrogen) atoms. The molecule has 0 aromatic carbocycles. The monoisotopic (exact) mass is 457 g/mol. The summed E-state index contributed by atoms with van der Waals surface area (Å²) in [5.41, 5.74) is 0. The number of piperidine rings is 1. The Hall–Kier alpha value is -1.65. The first-order valence-corrected chi connectivity index (χ1v) is 12.8. The molecular formula is C20H31N3O5S2. The van der Waals surface area contributed by atoms with Crippen molar-refractivity contribution < 1.29 is 22.7 Å². The Morgan fingerprint density at radius 1 is 1.00 bits per heavy atom. The second kappa shape index (κ2) is 10.1. The van der Waals surface area contributed by atoms with Crippen LogP contribution in [0.2, 0.25) is 0 Å². The molecule has 2 saturated heterocycles. The number of rotatable bonds is 6. The summed E-state index contributed by atoms with van der Waals surface area (Å²) < 4.78 is 32.7. The molecular weight excluding hydrogens is 426 g/mol. The second-order valence-electron chi connectivity index (χ2n) is 8.20. The summed E-state index contributed by atoms with van der Waals surface area (Å²) in [7, 11) is -3.46. The summed E-state index contributed by atoms with van der Waals surface area (Å²) in [6.07, 6.45) is 2.71. The van der Waals surface area contributed by atoms with Gasteiger partial charge in [-0.25, -0.2) is 13.2 Å². The van der Waals surface area contributed by atoms with Crippen LogP contribution in [0.15, 0.2) is 16.3 Å². The van der Waals surface area contributed by atoms with Crippen molar-refractivity contribution in [3.8, 4) is 0 Å². The Kier molecular flexibility index (Phi) is 7.75. The maximum Gasteiger partial charge on any atom is 0.409 e. The first-order valence-electron chi connectivity index (χ1n) is 10.6. The third-order valence-corrected chi connectivity index (χ3v) is 8.75. The van der Waals surface area contributed by atoms with Gasteiger partial charge in [0.2, 0.25) is 5.91 Å². The molecule has 0 atom stereocenters. The predicted molar refractivity (Wildman–Crippen MR) is 115 cm³/mol. The number of hydrogen-bond acceptors (Lipinski definition) is 6. The molecule has 2 aliphatic rings. The fourth-order valence-electron chi connectivity index (χ4n) is 3.55. The van der Waals surface area contributed by atoms with E-state index in [-0.39, 0.29) is 24.3 Å². The highest BCUT2D eigenvalue weighted by molar-refractivity contribution is 7.91. The summed E-state index contributed by atoms with van der Waals surface area (Å²) in [5.74, 6) is 0.236. The summed E-state index contributed by atoms with van der Waals surface area (Å²) in [6, 6.07) is 3.35. The number of amides is 2. The maximum absolute atomic E-state index is 12.8.